The van der Waals surface area contributed by atoms with E-state index in [2.05, 4.69) is 15.6 Å². The van der Waals surface area contributed by atoms with Gasteiger partial charge in [-0.2, -0.15) is 0 Å². The molecule has 35 heavy (non-hydrogen) atoms. The number of anilines is 2. The Kier molecular flexibility index (Phi) is 5.62. The van der Waals surface area contributed by atoms with Gasteiger partial charge in [-0.15, -0.1) is 11.3 Å². The zero-order chi connectivity index (χ0) is 24.3. The number of nitrogens with zero attached hydrogens (tertiary/aromatic N) is 2. The van der Waals surface area contributed by atoms with E-state index in [0.717, 1.165) is 11.1 Å². The van der Waals surface area contributed by atoms with Crippen LogP contribution in [0.1, 0.15) is 32.9 Å². The average Bonchev–Trinajstić information content (AvgIpc) is 3.00. The van der Waals surface area contributed by atoms with Gasteiger partial charge in [0.2, 0.25) is 0 Å². The SMILES string of the molecule is Cc1ccc2c(N)c(C(=O)N[C@@H]3CCc4c(F)c(N5CC6CNCC5CO6)cc(F)c4C3)sc2n1. The van der Waals surface area contributed by atoms with Gasteiger partial charge in [0.15, 0.2) is 0 Å². The Hall–Kier alpha value is -2.82. The molecular weight excluding hydrogens is 472 g/mol. The van der Waals surface area contributed by atoms with E-state index >= 15 is 8.78 Å². The topological polar surface area (TPSA) is 92.5 Å². The largest absolute Gasteiger partial charge is 0.397 e. The van der Waals surface area contributed by atoms with Gasteiger partial charge in [0.05, 0.1) is 30.1 Å². The maximum atomic E-state index is 15.7. The predicted octanol–water partition coefficient (Wildman–Crippen LogP) is 2.93. The van der Waals surface area contributed by atoms with Crippen LogP contribution in [0, 0.1) is 18.6 Å². The Morgan fingerprint density at radius 1 is 1.31 bits per heavy atom. The molecule has 184 valence electrons. The van der Waals surface area contributed by atoms with E-state index in [9.17, 15) is 4.79 Å². The van der Waals surface area contributed by atoms with E-state index in [0.29, 0.717) is 71.3 Å². The lowest BCUT2D eigenvalue weighted by atomic mass is 9.86. The van der Waals surface area contributed by atoms with Crippen molar-refractivity contribution in [2.45, 2.75) is 44.4 Å². The lowest BCUT2D eigenvalue weighted by Crippen LogP contribution is -2.50. The fraction of sp³-hybridized carbons (Fsp3) is 0.440. The van der Waals surface area contributed by atoms with Crippen molar-refractivity contribution in [2.24, 2.45) is 0 Å². The van der Waals surface area contributed by atoms with Gasteiger partial charge in [0.1, 0.15) is 21.3 Å². The minimum atomic E-state index is -0.426. The van der Waals surface area contributed by atoms with Crippen LogP contribution in [0.3, 0.4) is 0 Å². The molecule has 2 bridgehead atoms. The average molecular weight is 500 g/mol. The van der Waals surface area contributed by atoms with Crippen molar-refractivity contribution in [3.8, 4) is 0 Å². The van der Waals surface area contributed by atoms with E-state index in [-0.39, 0.29) is 36.3 Å². The fourth-order valence-corrected chi connectivity index (χ4v) is 6.49. The van der Waals surface area contributed by atoms with Crippen molar-refractivity contribution in [1.82, 2.24) is 15.6 Å². The molecule has 2 aromatic heterocycles. The molecule has 1 aliphatic carbocycles. The molecule has 4 aliphatic rings. The third-order valence-corrected chi connectivity index (χ3v) is 8.41. The van der Waals surface area contributed by atoms with E-state index in [1.807, 2.05) is 24.0 Å². The normalized spacial score (nSPS) is 23.9. The lowest BCUT2D eigenvalue weighted by Gasteiger charge is -2.39. The molecular formula is C25H27F2N5O2S. The quantitative estimate of drug-likeness (QED) is 0.513. The molecule has 3 aromatic rings. The highest BCUT2D eigenvalue weighted by atomic mass is 32.1. The first-order valence-electron chi connectivity index (χ1n) is 11.9. The third kappa shape index (κ3) is 3.93. The summed E-state index contributed by atoms with van der Waals surface area (Å²) in [5.41, 5.74) is 8.55. The number of halogens is 2. The summed E-state index contributed by atoms with van der Waals surface area (Å²) in [6, 6.07) is 4.71. The molecule has 7 nitrogen and oxygen atoms in total. The second-order valence-electron chi connectivity index (χ2n) is 9.63. The monoisotopic (exact) mass is 499 g/mol. The number of aryl methyl sites for hydroxylation is 1. The predicted molar refractivity (Wildman–Crippen MR) is 132 cm³/mol. The van der Waals surface area contributed by atoms with Crippen LogP contribution in [0.25, 0.3) is 10.2 Å². The highest BCUT2D eigenvalue weighted by Gasteiger charge is 2.36. The van der Waals surface area contributed by atoms with Crippen LogP contribution >= 0.6 is 11.3 Å². The number of nitrogen functional groups attached to an aromatic ring is 1. The van der Waals surface area contributed by atoms with Crippen LogP contribution in [0.5, 0.6) is 0 Å². The van der Waals surface area contributed by atoms with Gasteiger partial charge < -0.3 is 26.0 Å². The highest BCUT2D eigenvalue weighted by Crippen LogP contribution is 2.36. The Bertz CT molecular complexity index is 1330. The Balaban J connectivity index is 1.23. The van der Waals surface area contributed by atoms with Gasteiger partial charge >= 0.3 is 0 Å². The van der Waals surface area contributed by atoms with Crippen LogP contribution < -0.4 is 21.3 Å². The first-order chi connectivity index (χ1) is 16.9. The summed E-state index contributed by atoms with van der Waals surface area (Å²) in [6.07, 6.45) is 1.09. The van der Waals surface area contributed by atoms with Crippen LogP contribution in [0.4, 0.5) is 20.2 Å². The molecule has 2 unspecified atom stereocenters. The second kappa shape index (κ2) is 8.69. The number of nitrogens with two attached hydrogens (primary N) is 1. The molecule has 1 amide bonds. The summed E-state index contributed by atoms with van der Waals surface area (Å²) < 4.78 is 36.7. The van der Waals surface area contributed by atoms with Crippen molar-refractivity contribution in [3.63, 3.8) is 0 Å². The van der Waals surface area contributed by atoms with E-state index in [1.54, 1.807) is 0 Å². The number of fused-ring (bicyclic) bond motifs is 6. The molecule has 1 aromatic carbocycles. The third-order valence-electron chi connectivity index (χ3n) is 7.30. The van der Waals surface area contributed by atoms with Gasteiger partial charge in [0.25, 0.3) is 5.91 Å². The number of benzene rings is 1. The summed E-state index contributed by atoms with van der Waals surface area (Å²) in [5.74, 6) is -1.08. The van der Waals surface area contributed by atoms with Gasteiger partial charge in [-0.05, 0) is 49.4 Å². The second-order valence-corrected chi connectivity index (χ2v) is 10.6. The minimum absolute atomic E-state index is 0.0265. The maximum absolute atomic E-state index is 15.7. The van der Waals surface area contributed by atoms with Crippen molar-refractivity contribution in [1.29, 1.82) is 0 Å². The van der Waals surface area contributed by atoms with Crippen LogP contribution in [0.15, 0.2) is 18.2 Å². The Morgan fingerprint density at radius 2 is 2.17 bits per heavy atom. The first kappa shape index (κ1) is 22.6. The number of thiophene rings is 1. The standard InChI is InChI=1S/C25H27F2N5O2S/c1-12-2-4-17-22(28)23(35-25(17)30-12)24(33)31-13-3-5-16-18(6-13)19(26)7-20(21(16)27)32-10-15-9-29-8-14(32)11-34-15/h2,4,7,13-15,29H,3,5-6,8-11,28H2,1H3,(H,31,33)/t13-,14?,15?/m1/s1. The van der Waals surface area contributed by atoms with Gasteiger partial charge in [-0.1, -0.05) is 0 Å². The number of aromatic nitrogens is 1. The number of pyridine rings is 1. The molecule has 0 spiro atoms. The number of rotatable bonds is 3. The van der Waals surface area contributed by atoms with E-state index in [1.165, 1.54) is 17.4 Å². The number of ether oxygens (including phenoxy) is 1. The Morgan fingerprint density at radius 3 is 3.03 bits per heavy atom. The first-order valence-corrected chi connectivity index (χ1v) is 12.8. The smallest absolute Gasteiger partial charge is 0.263 e. The Labute approximate surface area is 205 Å². The molecule has 3 aliphatic heterocycles. The van der Waals surface area contributed by atoms with Crippen LogP contribution in [-0.2, 0) is 17.6 Å². The van der Waals surface area contributed by atoms with Crippen molar-refractivity contribution in [3.05, 3.63) is 51.5 Å². The van der Waals surface area contributed by atoms with E-state index in [4.69, 9.17) is 10.5 Å². The minimum Gasteiger partial charge on any atom is -0.397 e. The number of nitrogens with one attached hydrogen (secondary N) is 2. The summed E-state index contributed by atoms with van der Waals surface area (Å²) in [7, 11) is 0. The van der Waals surface area contributed by atoms with Crippen molar-refractivity contribution >= 4 is 38.8 Å². The molecule has 3 fully saturated rings. The molecule has 0 saturated carbocycles. The van der Waals surface area contributed by atoms with Crippen molar-refractivity contribution < 1.29 is 18.3 Å². The molecule has 3 saturated heterocycles. The molecule has 4 N–H and O–H groups in total. The molecule has 10 heteroatoms. The van der Waals surface area contributed by atoms with E-state index < -0.39 is 5.82 Å². The fourth-order valence-electron chi connectivity index (χ4n) is 5.45. The maximum Gasteiger partial charge on any atom is 0.263 e. The van der Waals surface area contributed by atoms with Crippen LogP contribution in [0.2, 0.25) is 0 Å². The zero-order valence-electron chi connectivity index (χ0n) is 19.4. The summed E-state index contributed by atoms with van der Waals surface area (Å²) in [4.78, 5) is 20.5. The van der Waals surface area contributed by atoms with Gasteiger partial charge in [0, 0.05) is 42.8 Å². The molecule has 7 rings (SSSR count). The molecule has 3 atom stereocenters. The number of hydrogen-bond acceptors (Lipinski definition) is 7. The summed E-state index contributed by atoms with van der Waals surface area (Å²) in [6.45, 7) is 4.31. The van der Waals surface area contributed by atoms with Gasteiger partial charge in [-0.25, -0.2) is 13.8 Å². The number of amides is 1. The van der Waals surface area contributed by atoms with Crippen molar-refractivity contribution in [2.75, 3.05) is 36.9 Å². The van der Waals surface area contributed by atoms with Crippen LogP contribution in [-0.4, -0.2) is 55.3 Å². The number of morpholine rings is 1. The van der Waals surface area contributed by atoms with Gasteiger partial charge in [-0.3, -0.25) is 4.79 Å². The molecule has 0 radical (unpaired) electrons. The summed E-state index contributed by atoms with van der Waals surface area (Å²) >= 11 is 1.25. The highest BCUT2D eigenvalue weighted by molar-refractivity contribution is 7.21. The number of hydrogen-bond donors (Lipinski definition) is 3. The molecule has 5 heterocycles. The number of carbonyl (C=O) groups excluding carboxylic acids is 1. The number of carbonyl (C=O) groups is 1. The lowest BCUT2D eigenvalue weighted by molar-refractivity contribution is 0.0389. The zero-order valence-corrected chi connectivity index (χ0v) is 20.2. The summed E-state index contributed by atoms with van der Waals surface area (Å²) in [5, 5.41) is 7.06.